The maximum atomic E-state index is 14.5. The molecule has 16 nitrogen and oxygen atoms in total. The summed E-state index contributed by atoms with van der Waals surface area (Å²) in [6.45, 7) is 13.0. The molecule has 1 aliphatic carbocycles. The zero-order valence-electron chi connectivity index (χ0n) is 35.5. The summed E-state index contributed by atoms with van der Waals surface area (Å²) in [6.07, 6.45) is 0.785. The molecule has 4 rings (SSSR count). The molecule has 2 aliphatic rings. The molecule has 59 heavy (non-hydrogen) atoms. The van der Waals surface area contributed by atoms with Gasteiger partial charge in [0.2, 0.25) is 11.8 Å². The largest absolute Gasteiger partial charge is 0.493 e. The molecule has 0 unspecified atom stereocenters. The number of rotatable bonds is 14. The lowest BCUT2D eigenvalue weighted by Crippen LogP contribution is -2.48. The highest BCUT2D eigenvalue weighted by atomic mass is 16.6. The van der Waals surface area contributed by atoms with Crippen molar-refractivity contribution in [1.82, 2.24) is 21.3 Å². The summed E-state index contributed by atoms with van der Waals surface area (Å²) in [5, 5.41) is 10.9. The predicted octanol–water partition coefficient (Wildman–Crippen LogP) is 4.64. The number of hydrogen-bond acceptors (Lipinski definition) is 12. The van der Waals surface area contributed by atoms with Crippen molar-refractivity contribution in [1.29, 1.82) is 0 Å². The molecule has 16 heteroatoms. The molecule has 2 aromatic rings. The van der Waals surface area contributed by atoms with E-state index in [0.29, 0.717) is 46.8 Å². The second-order valence-electron chi connectivity index (χ2n) is 16.9. The smallest absolute Gasteiger partial charge is 0.407 e. The first-order valence-electron chi connectivity index (χ1n) is 20.2. The number of nitrogens with two attached hydrogens (primary N) is 1. The zero-order valence-corrected chi connectivity index (χ0v) is 35.5. The molecular weight excluding hydrogens is 762 g/mol. The van der Waals surface area contributed by atoms with Gasteiger partial charge in [-0.2, -0.15) is 0 Å². The van der Waals surface area contributed by atoms with Gasteiger partial charge in [0.1, 0.15) is 41.4 Å². The van der Waals surface area contributed by atoms with Gasteiger partial charge in [-0.1, -0.05) is 19.1 Å². The number of carbonyl (C=O) groups is 6. The van der Waals surface area contributed by atoms with Crippen molar-refractivity contribution in [3.05, 3.63) is 47.5 Å². The molecule has 2 aromatic carbocycles. The number of fused-ring (bicyclic) bond motifs is 5. The summed E-state index contributed by atoms with van der Waals surface area (Å²) in [6, 6.07) is 7.01. The molecule has 4 atom stereocenters. The second kappa shape index (κ2) is 20.5. The van der Waals surface area contributed by atoms with Gasteiger partial charge in [-0.3, -0.25) is 14.4 Å². The molecule has 0 saturated heterocycles. The van der Waals surface area contributed by atoms with Gasteiger partial charge in [0.05, 0.1) is 26.3 Å². The molecule has 324 valence electrons. The maximum Gasteiger partial charge on any atom is 0.407 e. The lowest BCUT2D eigenvalue weighted by atomic mass is 9.88. The van der Waals surface area contributed by atoms with E-state index < -0.39 is 71.0 Å². The molecule has 1 aliphatic heterocycles. The molecule has 1 fully saturated rings. The molecule has 0 radical (unpaired) electrons. The molecular formula is C43H61N5O11. The van der Waals surface area contributed by atoms with Crippen LogP contribution in [0.5, 0.6) is 11.5 Å². The van der Waals surface area contributed by atoms with Crippen LogP contribution >= 0.6 is 0 Å². The minimum absolute atomic E-state index is 0.0351. The Balaban J connectivity index is 1.76. The van der Waals surface area contributed by atoms with Crippen LogP contribution in [-0.4, -0.2) is 92.5 Å². The number of carbonyl (C=O) groups excluding carboxylic acids is 6. The first-order chi connectivity index (χ1) is 27.8. The fraction of sp³-hybridized carbons (Fsp3) is 0.581. The Labute approximate surface area is 346 Å². The SMILES string of the molecule is CCCOc1ccc2cc1-c1cc(ccc1OCCNC(=O)OC(C)(C)C)C[C@@H](C(=O)OC)NC(=O)[C@H](C1CC1)CC(=O)[C@H]2NC(=O)[C@@H](N)CCNC(=O)OC(C)(C)C. The van der Waals surface area contributed by atoms with Crippen molar-refractivity contribution in [3.8, 4) is 22.6 Å². The predicted molar refractivity (Wildman–Crippen MR) is 219 cm³/mol. The minimum atomic E-state index is -1.25. The van der Waals surface area contributed by atoms with Crippen LogP contribution in [0.2, 0.25) is 0 Å². The van der Waals surface area contributed by atoms with Gasteiger partial charge in [0, 0.05) is 36.4 Å². The van der Waals surface area contributed by atoms with Gasteiger partial charge in [0.15, 0.2) is 5.78 Å². The van der Waals surface area contributed by atoms with Crippen LogP contribution in [0, 0.1) is 11.8 Å². The van der Waals surface area contributed by atoms with Crippen molar-refractivity contribution in [2.45, 2.75) is 116 Å². The first-order valence-corrected chi connectivity index (χ1v) is 20.2. The number of hydrogen-bond donors (Lipinski definition) is 5. The van der Waals surface area contributed by atoms with Gasteiger partial charge in [-0.05, 0) is 109 Å². The normalized spacial score (nSPS) is 18.9. The zero-order chi connectivity index (χ0) is 43.5. The summed E-state index contributed by atoms with van der Waals surface area (Å²) >= 11 is 0. The van der Waals surface area contributed by atoms with E-state index >= 15 is 0 Å². The van der Waals surface area contributed by atoms with Crippen molar-refractivity contribution in [3.63, 3.8) is 0 Å². The van der Waals surface area contributed by atoms with E-state index in [9.17, 15) is 28.8 Å². The van der Waals surface area contributed by atoms with Gasteiger partial charge in [0.25, 0.3) is 0 Å². The van der Waals surface area contributed by atoms with E-state index in [1.807, 2.05) is 13.0 Å². The highest BCUT2D eigenvalue weighted by molar-refractivity contribution is 5.96. The van der Waals surface area contributed by atoms with E-state index in [2.05, 4.69) is 21.3 Å². The van der Waals surface area contributed by atoms with Crippen molar-refractivity contribution in [2.24, 2.45) is 17.6 Å². The van der Waals surface area contributed by atoms with Gasteiger partial charge < -0.3 is 50.7 Å². The van der Waals surface area contributed by atoms with Crippen LogP contribution in [0.15, 0.2) is 36.4 Å². The number of Topliss-reactive ketones (excluding diaryl/α,β-unsaturated/α-hetero) is 1. The van der Waals surface area contributed by atoms with Crippen molar-refractivity contribution < 1.29 is 52.5 Å². The minimum Gasteiger partial charge on any atom is -0.493 e. The van der Waals surface area contributed by atoms with Crippen LogP contribution in [0.3, 0.4) is 0 Å². The second-order valence-corrected chi connectivity index (χ2v) is 16.9. The van der Waals surface area contributed by atoms with Crippen molar-refractivity contribution >= 4 is 35.8 Å². The summed E-state index contributed by atoms with van der Waals surface area (Å²) < 4.78 is 28.1. The third-order valence-electron chi connectivity index (χ3n) is 9.42. The molecule has 4 amide bonds. The number of amides is 4. The van der Waals surface area contributed by atoms with E-state index in [4.69, 9.17) is 29.4 Å². The van der Waals surface area contributed by atoms with E-state index in [-0.39, 0.29) is 44.9 Å². The first kappa shape index (κ1) is 46.3. The van der Waals surface area contributed by atoms with Crippen molar-refractivity contribution in [2.75, 3.05) is 33.4 Å². The van der Waals surface area contributed by atoms with Crippen LogP contribution in [0.25, 0.3) is 11.1 Å². The van der Waals surface area contributed by atoms with E-state index in [1.54, 1.807) is 71.9 Å². The lowest BCUT2D eigenvalue weighted by Gasteiger charge is -2.26. The Morgan fingerprint density at radius 1 is 0.831 bits per heavy atom. The molecule has 6 N–H and O–H groups in total. The Morgan fingerprint density at radius 3 is 2.02 bits per heavy atom. The molecule has 1 saturated carbocycles. The average molecular weight is 824 g/mol. The van der Waals surface area contributed by atoms with Crippen LogP contribution in [0.4, 0.5) is 9.59 Å². The highest BCUT2D eigenvalue weighted by Crippen LogP contribution is 2.42. The summed E-state index contributed by atoms with van der Waals surface area (Å²) in [7, 11) is 1.24. The third kappa shape index (κ3) is 14.4. The van der Waals surface area contributed by atoms with Gasteiger partial charge in [-0.15, -0.1) is 0 Å². The number of ether oxygens (including phenoxy) is 5. The average Bonchev–Trinajstić information content (AvgIpc) is 4.00. The summed E-state index contributed by atoms with van der Waals surface area (Å²) in [5.41, 5.74) is 7.02. The monoisotopic (exact) mass is 823 g/mol. The lowest BCUT2D eigenvalue weighted by molar-refractivity contribution is -0.145. The molecule has 1 heterocycles. The standard InChI is InChI=1S/C43H61N5O11/c1-9-19-56-35-15-13-27-23-30(35)29-21-25(10-14-34(29)57-20-18-46-41(54)59-43(5,6)7)22-32(39(52)55-8)47-37(50)28(26-11-12-26)24-33(49)36(27)48-38(51)31(44)16-17-45-40(53)58-42(2,3)4/h10,13-15,21,23,26,28,31-32,36H,9,11-12,16-20,22,24,44H2,1-8H3,(H,45,53)(H,46,54)(H,47,50)(H,48,51)/t28-,31-,32-,36-/m0/s1. The Bertz CT molecular complexity index is 1830. The van der Waals surface area contributed by atoms with Gasteiger partial charge >= 0.3 is 18.2 Å². The number of esters is 1. The van der Waals surface area contributed by atoms with E-state index in [1.165, 1.54) is 7.11 Å². The Hall–Kier alpha value is -5.38. The Morgan fingerprint density at radius 2 is 1.42 bits per heavy atom. The van der Waals surface area contributed by atoms with E-state index in [0.717, 1.165) is 12.8 Å². The summed E-state index contributed by atoms with van der Waals surface area (Å²) in [5.74, 6) is -2.21. The number of alkyl carbamates (subject to hydrolysis) is 2. The fourth-order valence-corrected chi connectivity index (χ4v) is 6.47. The molecule has 4 bridgehead atoms. The van der Waals surface area contributed by atoms with Crippen LogP contribution in [0.1, 0.15) is 97.7 Å². The maximum absolute atomic E-state index is 14.5. The number of benzene rings is 2. The van der Waals surface area contributed by atoms with Gasteiger partial charge in [-0.25, -0.2) is 14.4 Å². The molecule has 0 spiro atoms. The number of ketones is 1. The number of nitrogens with one attached hydrogen (secondary N) is 4. The van der Waals surface area contributed by atoms with Crippen LogP contribution in [-0.2, 0) is 39.8 Å². The quantitative estimate of drug-likeness (QED) is 0.0999. The fourth-order valence-electron chi connectivity index (χ4n) is 6.47. The summed E-state index contributed by atoms with van der Waals surface area (Å²) in [4.78, 5) is 79.7. The Kier molecular flexibility index (Phi) is 16.1. The molecule has 0 aromatic heterocycles. The third-order valence-corrected chi connectivity index (χ3v) is 9.42. The number of methoxy groups -OCH3 is 1. The van der Waals surface area contributed by atoms with Crippen LogP contribution < -0.4 is 36.5 Å². The topological polar surface area (TPSA) is 223 Å². The highest BCUT2D eigenvalue weighted by Gasteiger charge is 2.41.